The van der Waals surface area contributed by atoms with Crippen LogP contribution in [0.25, 0.3) is 0 Å². The smallest absolute Gasteiger partial charge is 0.317 e. The second-order valence-electron chi connectivity index (χ2n) is 3.57. The molecule has 0 atom stereocenters. The van der Waals surface area contributed by atoms with E-state index in [4.69, 9.17) is 4.74 Å². The van der Waals surface area contributed by atoms with Crippen molar-refractivity contribution in [3.05, 3.63) is 0 Å². The summed E-state index contributed by atoms with van der Waals surface area (Å²) in [5.41, 5.74) is -0.182. The Morgan fingerprint density at radius 2 is 2.25 bits per heavy atom. The first kappa shape index (κ1) is 9.32. The summed E-state index contributed by atoms with van der Waals surface area (Å²) in [7, 11) is 1.65. The van der Waals surface area contributed by atoms with Crippen LogP contribution < -0.4 is 5.32 Å². The van der Waals surface area contributed by atoms with E-state index in [1.165, 1.54) is 0 Å². The molecule has 1 heterocycles. The highest BCUT2D eigenvalue weighted by atomic mass is 16.5. The van der Waals surface area contributed by atoms with Gasteiger partial charge in [-0.05, 0) is 13.8 Å². The largest absolute Gasteiger partial charge is 0.377 e. The van der Waals surface area contributed by atoms with E-state index >= 15 is 0 Å². The van der Waals surface area contributed by atoms with Crippen LogP contribution in [0.2, 0.25) is 0 Å². The zero-order chi connectivity index (χ0) is 9.19. The number of morpholine rings is 1. The fourth-order valence-electron chi connectivity index (χ4n) is 1.37. The van der Waals surface area contributed by atoms with Gasteiger partial charge in [-0.1, -0.05) is 0 Å². The van der Waals surface area contributed by atoms with Crippen molar-refractivity contribution in [3.8, 4) is 0 Å². The van der Waals surface area contributed by atoms with Gasteiger partial charge in [-0.15, -0.1) is 0 Å². The van der Waals surface area contributed by atoms with Gasteiger partial charge in [-0.3, -0.25) is 0 Å². The number of rotatable bonds is 0. The third-order valence-electron chi connectivity index (χ3n) is 2.10. The number of nitrogens with one attached hydrogen (secondary N) is 1. The lowest BCUT2D eigenvalue weighted by molar-refractivity contribution is -0.0274. The summed E-state index contributed by atoms with van der Waals surface area (Å²) in [5.74, 6) is 0. The van der Waals surface area contributed by atoms with Gasteiger partial charge >= 0.3 is 6.03 Å². The highest BCUT2D eigenvalue weighted by Crippen LogP contribution is 2.18. The van der Waals surface area contributed by atoms with E-state index in [-0.39, 0.29) is 11.6 Å². The minimum atomic E-state index is -0.182. The van der Waals surface area contributed by atoms with Crippen molar-refractivity contribution < 1.29 is 9.53 Å². The van der Waals surface area contributed by atoms with Crippen LogP contribution in [-0.4, -0.2) is 43.3 Å². The first-order valence-corrected chi connectivity index (χ1v) is 4.15. The number of urea groups is 1. The van der Waals surface area contributed by atoms with Gasteiger partial charge in [0.2, 0.25) is 0 Å². The Kier molecular flexibility index (Phi) is 2.57. The van der Waals surface area contributed by atoms with Crippen LogP contribution in [0.1, 0.15) is 13.8 Å². The fraction of sp³-hybridized carbons (Fsp3) is 0.875. The molecule has 1 saturated heterocycles. The molecule has 1 aliphatic heterocycles. The van der Waals surface area contributed by atoms with Crippen LogP contribution in [0.3, 0.4) is 0 Å². The molecule has 0 spiro atoms. The topological polar surface area (TPSA) is 41.6 Å². The maximum atomic E-state index is 11.3. The highest BCUT2D eigenvalue weighted by Gasteiger charge is 2.33. The van der Waals surface area contributed by atoms with Crippen LogP contribution in [0.5, 0.6) is 0 Å². The summed E-state index contributed by atoms with van der Waals surface area (Å²) < 4.78 is 5.29. The Hall–Kier alpha value is -0.770. The molecular formula is C8H16N2O2. The van der Waals surface area contributed by atoms with Crippen molar-refractivity contribution >= 4 is 6.03 Å². The number of nitrogens with zero attached hydrogens (tertiary/aromatic N) is 1. The normalized spacial score (nSPS) is 22.1. The molecule has 4 heteroatoms. The quantitative estimate of drug-likeness (QED) is 0.576. The average molecular weight is 172 g/mol. The van der Waals surface area contributed by atoms with Gasteiger partial charge in [0.05, 0.1) is 18.8 Å². The van der Waals surface area contributed by atoms with Gasteiger partial charge in [0, 0.05) is 13.6 Å². The molecule has 0 aromatic carbocycles. The van der Waals surface area contributed by atoms with E-state index in [0.29, 0.717) is 19.8 Å². The first-order valence-electron chi connectivity index (χ1n) is 4.15. The molecule has 1 rings (SSSR count). The second kappa shape index (κ2) is 3.31. The zero-order valence-electron chi connectivity index (χ0n) is 7.89. The standard InChI is InChI=1S/C8H16N2O2/c1-8(2)6-12-5-4-10(8)7(11)9-3/h4-6H2,1-3H3,(H,9,11). The van der Waals surface area contributed by atoms with E-state index in [0.717, 1.165) is 0 Å². The molecule has 2 amide bonds. The number of carbonyl (C=O) groups is 1. The van der Waals surface area contributed by atoms with Gasteiger partial charge in [0.1, 0.15) is 0 Å². The minimum absolute atomic E-state index is 0.0247. The third kappa shape index (κ3) is 1.69. The molecule has 70 valence electrons. The molecule has 0 aliphatic carbocycles. The van der Waals surface area contributed by atoms with E-state index in [9.17, 15) is 4.79 Å². The molecule has 0 unspecified atom stereocenters. The van der Waals surface area contributed by atoms with Gasteiger partial charge in [-0.2, -0.15) is 0 Å². The van der Waals surface area contributed by atoms with Gasteiger partial charge < -0.3 is 15.0 Å². The first-order chi connectivity index (χ1) is 5.58. The summed E-state index contributed by atoms with van der Waals surface area (Å²) in [5, 5.41) is 2.62. The molecule has 0 saturated carbocycles. The van der Waals surface area contributed by atoms with Crippen molar-refractivity contribution in [1.82, 2.24) is 10.2 Å². The summed E-state index contributed by atoms with van der Waals surface area (Å²) in [6.45, 7) is 5.92. The van der Waals surface area contributed by atoms with Crippen LogP contribution >= 0.6 is 0 Å². The summed E-state index contributed by atoms with van der Waals surface area (Å²) in [6, 6.07) is -0.0247. The molecule has 1 aliphatic rings. The lowest BCUT2D eigenvalue weighted by Crippen LogP contribution is -2.57. The SMILES string of the molecule is CNC(=O)N1CCOCC1(C)C. The molecule has 1 N–H and O–H groups in total. The average Bonchev–Trinajstić information content (AvgIpc) is 2.02. The Morgan fingerprint density at radius 1 is 1.58 bits per heavy atom. The van der Waals surface area contributed by atoms with E-state index in [1.54, 1.807) is 11.9 Å². The highest BCUT2D eigenvalue weighted by molar-refractivity contribution is 5.74. The van der Waals surface area contributed by atoms with Crippen molar-refractivity contribution in [2.24, 2.45) is 0 Å². The number of ether oxygens (including phenoxy) is 1. The van der Waals surface area contributed by atoms with Crippen LogP contribution in [-0.2, 0) is 4.74 Å². The summed E-state index contributed by atoms with van der Waals surface area (Å²) in [6.07, 6.45) is 0. The number of carbonyl (C=O) groups excluding carboxylic acids is 1. The number of hydrogen-bond donors (Lipinski definition) is 1. The zero-order valence-corrected chi connectivity index (χ0v) is 7.89. The maximum Gasteiger partial charge on any atom is 0.317 e. The van der Waals surface area contributed by atoms with Gasteiger partial charge in [0.25, 0.3) is 0 Å². The Balaban J connectivity index is 2.66. The Bertz CT molecular complexity index is 180. The number of hydrogen-bond acceptors (Lipinski definition) is 2. The number of amides is 2. The van der Waals surface area contributed by atoms with E-state index in [1.807, 2.05) is 13.8 Å². The fourth-order valence-corrected chi connectivity index (χ4v) is 1.37. The predicted octanol–water partition coefficient (Wildman–Crippen LogP) is 0.437. The van der Waals surface area contributed by atoms with Crippen LogP contribution in [0, 0.1) is 0 Å². The second-order valence-corrected chi connectivity index (χ2v) is 3.57. The van der Waals surface area contributed by atoms with Crippen LogP contribution in [0.4, 0.5) is 4.79 Å². The lowest BCUT2D eigenvalue weighted by atomic mass is 10.0. The third-order valence-corrected chi connectivity index (χ3v) is 2.10. The van der Waals surface area contributed by atoms with Crippen LogP contribution in [0.15, 0.2) is 0 Å². The lowest BCUT2D eigenvalue weighted by Gasteiger charge is -2.41. The monoisotopic (exact) mass is 172 g/mol. The minimum Gasteiger partial charge on any atom is -0.377 e. The summed E-state index contributed by atoms with van der Waals surface area (Å²) >= 11 is 0. The van der Waals surface area contributed by atoms with Crippen molar-refractivity contribution in [3.63, 3.8) is 0 Å². The summed E-state index contributed by atoms with van der Waals surface area (Å²) in [4.78, 5) is 13.1. The van der Waals surface area contributed by atoms with Crippen molar-refractivity contribution in [2.45, 2.75) is 19.4 Å². The molecule has 4 nitrogen and oxygen atoms in total. The molecule has 0 aromatic heterocycles. The molecule has 0 radical (unpaired) electrons. The van der Waals surface area contributed by atoms with Crippen molar-refractivity contribution in [1.29, 1.82) is 0 Å². The predicted molar refractivity (Wildman–Crippen MR) is 46.1 cm³/mol. The Labute approximate surface area is 72.9 Å². The van der Waals surface area contributed by atoms with Crippen molar-refractivity contribution in [2.75, 3.05) is 26.8 Å². The Morgan fingerprint density at radius 3 is 2.75 bits per heavy atom. The molecule has 12 heavy (non-hydrogen) atoms. The van der Waals surface area contributed by atoms with E-state index in [2.05, 4.69) is 5.32 Å². The van der Waals surface area contributed by atoms with Gasteiger partial charge in [0.15, 0.2) is 0 Å². The molecular weight excluding hydrogens is 156 g/mol. The molecule has 0 bridgehead atoms. The van der Waals surface area contributed by atoms with Gasteiger partial charge in [-0.25, -0.2) is 4.79 Å². The maximum absolute atomic E-state index is 11.3. The molecule has 0 aromatic rings. The van der Waals surface area contributed by atoms with E-state index < -0.39 is 0 Å². The molecule has 1 fully saturated rings.